The number of nitriles is 1. The molecule has 1 heterocycles. The Morgan fingerprint density at radius 1 is 1.42 bits per heavy atom. The van der Waals surface area contributed by atoms with Crippen LogP contribution in [0, 0.1) is 11.3 Å². The van der Waals surface area contributed by atoms with Crippen molar-refractivity contribution in [2.24, 2.45) is 0 Å². The Kier molecular flexibility index (Phi) is 3.84. The summed E-state index contributed by atoms with van der Waals surface area (Å²) in [6.45, 7) is 0.544. The number of nitrogens with two attached hydrogens (primary N) is 1. The number of aromatic nitrogens is 1. The molecule has 96 valence electrons. The molecule has 0 fully saturated rings. The summed E-state index contributed by atoms with van der Waals surface area (Å²) < 4.78 is 5.27. The summed E-state index contributed by atoms with van der Waals surface area (Å²) in [5, 5.41) is 12.2. The minimum absolute atomic E-state index is 0.376. The van der Waals surface area contributed by atoms with Gasteiger partial charge in [-0.2, -0.15) is 5.26 Å². The first-order chi connectivity index (χ1) is 9.24. The van der Waals surface area contributed by atoms with Crippen molar-refractivity contribution < 1.29 is 4.74 Å². The molecule has 0 unspecified atom stereocenters. The number of hydrogen-bond acceptors (Lipinski definition) is 5. The van der Waals surface area contributed by atoms with E-state index in [0.29, 0.717) is 23.6 Å². The van der Waals surface area contributed by atoms with Crippen molar-refractivity contribution in [3.05, 3.63) is 47.7 Å². The zero-order valence-corrected chi connectivity index (χ0v) is 10.6. The summed E-state index contributed by atoms with van der Waals surface area (Å²) in [5.41, 5.74) is 7.76. The van der Waals surface area contributed by atoms with Crippen molar-refractivity contribution in [3.8, 4) is 11.8 Å². The maximum atomic E-state index is 9.01. The Labute approximate surface area is 111 Å². The second kappa shape index (κ2) is 5.74. The number of rotatable bonds is 4. The van der Waals surface area contributed by atoms with Gasteiger partial charge in [0.05, 0.1) is 18.4 Å². The lowest BCUT2D eigenvalue weighted by atomic mass is 10.2. The number of anilines is 2. The van der Waals surface area contributed by atoms with Crippen LogP contribution in [0.5, 0.6) is 5.75 Å². The van der Waals surface area contributed by atoms with E-state index in [1.165, 1.54) is 6.20 Å². The van der Waals surface area contributed by atoms with Crippen LogP contribution in [-0.4, -0.2) is 12.1 Å². The number of ether oxygens (including phenoxy) is 1. The van der Waals surface area contributed by atoms with Crippen molar-refractivity contribution in [1.29, 1.82) is 5.26 Å². The van der Waals surface area contributed by atoms with Crippen molar-refractivity contribution in [3.63, 3.8) is 0 Å². The van der Waals surface area contributed by atoms with Gasteiger partial charge >= 0.3 is 0 Å². The van der Waals surface area contributed by atoms with Gasteiger partial charge in [0.2, 0.25) is 0 Å². The van der Waals surface area contributed by atoms with E-state index < -0.39 is 0 Å². The van der Waals surface area contributed by atoms with E-state index in [4.69, 9.17) is 15.7 Å². The van der Waals surface area contributed by atoms with Gasteiger partial charge in [-0.1, -0.05) is 18.2 Å². The minimum Gasteiger partial charge on any atom is -0.496 e. The minimum atomic E-state index is 0.376. The summed E-state index contributed by atoms with van der Waals surface area (Å²) >= 11 is 0. The lowest BCUT2D eigenvalue weighted by Crippen LogP contribution is -2.04. The van der Waals surface area contributed by atoms with Crippen LogP contribution in [0.1, 0.15) is 11.1 Å². The molecule has 0 aliphatic heterocycles. The van der Waals surface area contributed by atoms with Gasteiger partial charge < -0.3 is 15.8 Å². The fourth-order valence-electron chi connectivity index (χ4n) is 1.75. The number of nitrogen functional groups attached to an aromatic ring is 1. The molecule has 0 amide bonds. The van der Waals surface area contributed by atoms with Crippen LogP contribution in [0.2, 0.25) is 0 Å². The second-order valence-corrected chi connectivity index (χ2v) is 3.93. The van der Waals surface area contributed by atoms with E-state index in [1.54, 1.807) is 13.2 Å². The zero-order chi connectivity index (χ0) is 13.7. The Morgan fingerprint density at radius 3 is 2.95 bits per heavy atom. The predicted molar refractivity (Wildman–Crippen MR) is 73.7 cm³/mol. The fourth-order valence-corrected chi connectivity index (χ4v) is 1.75. The average molecular weight is 254 g/mol. The summed E-state index contributed by atoms with van der Waals surface area (Å²) in [5.74, 6) is 1.18. The van der Waals surface area contributed by atoms with Gasteiger partial charge in [-0.15, -0.1) is 0 Å². The van der Waals surface area contributed by atoms with Gasteiger partial charge in [-0.3, -0.25) is 0 Å². The van der Waals surface area contributed by atoms with Gasteiger partial charge in [0.25, 0.3) is 0 Å². The van der Waals surface area contributed by atoms with Crippen LogP contribution in [0.25, 0.3) is 0 Å². The molecular weight excluding hydrogens is 240 g/mol. The molecule has 2 rings (SSSR count). The topological polar surface area (TPSA) is 84.0 Å². The molecule has 0 saturated carbocycles. The number of nitrogens with zero attached hydrogens (tertiary/aromatic N) is 2. The first-order valence-electron chi connectivity index (χ1n) is 5.76. The number of methoxy groups -OCH3 is 1. The third-order valence-electron chi connectivity index (χ3n) is 2.71. The Hall–Kier alpha value is -2.74. The number of para-hydroxylation sites is 1. The highest BCUT2D eigenvalue weighted by atomic mass is 16.5. The van der Waals surface area contributed by atoms with E-state index in [2.05, 4.69) is 16.4 Å². The molecule has 0 atom stereocenters. The van der Waals surface area contributed by atoms with Crippen molar-refractivity contribution >= 4 is 11.5 Å². The first-order valence-corrected chi connectivity index (χ1v) is 5.76. The zero-order valence-electron chi connectivity index (χ0n) is 10.6. The SMILES string of the molecule is COc1ccccc1CNc1cc(N)ncc1C#N. The fraction of sp³-hybridized carbons (Fsp3) is 0.143. The summed E-state index contributed by atoms with van der Waals surface area (Å²) in [6, 6.07) is 11.4. The van der Waals surface area contributed by atoms with E-state index >= 15 is 0 Å². The molecule has 2 aromatic rings. The summed E-state index contributed by atoms with van der Waals surface area (Å²) in [6.07, 6.45) is 1.46. The van der Waals surface area contributed by atoms with Crippen LogP contribution >= 0.6 is 0 Å². The van der Waals surface area contributed by atoms with Gasteiger partial charge in [0.15, 0.2) is 0 Å². The molecule has 1 aromatic heterocycles. The average Bonchev–Trinajstić information content (AvgIpc) is 2.45. The lowest BCUT2D eigenvalue weighted by Gasteiger charge is -2.11. The van der Waals surface area contributed by atoms with Gasteiger partial charge in [-0.25, -0.2) is 4.98 Å². The van der Waals surface area contributed by atoms with E-state index in [1.807, 2.05) is 24.3 Å². The van der Waals surface area contributed by atoms with Gasteiger partial charge in [0.1, 0.15) is 17.6 Å². The number of hydrogen-bond donors (Lipinski definition) is 2. The highest BCUT2D eigenvalue weighted by Gasteiger charge is 2.05. The highest BCUT2D eigenvalue weighted by molar-refractivity contribution is 5.61. The molecule has 0 aliphatic carbocycles. The molecule has 5 heteroatoms. The third kappa shape index (κ3) is 2.93. The number of nitrogens with one attached hydrogen (secondary N) is 1. The molecule has 1 aromatic carbocycles. The Morgan fingerprint density at radius 2 is 2.21 bits per heavy atom. The normalized spacial score (nSPS) is 9.68. The molecule has 0 saturated heterocycles. The molecule has 5 nitrogen and oxygen atoms in total. The van der Waals surface area contributed by atoms with Gasteiger partial charge in [0, 0.05) is 24.4 Å². The first kappa shape index (κ1) is 12.7. The highest BCUT2D eigenvalue weighted by Crippen LogP contribution is 2.21. The quantitative estimate of drug-likeness (QED) is 0.873. The molecule has 19 heavy (non-hydrogen) atoms. The van der Waals surface area contributed by atoms with E-state index in [9.17, 15) is 0 Å². The van der Waals surface area contributed by atoms with E-state index in [-0.39, 0.29) is 0 Å². The standard InChI is InChI=1S/C14H14N4O/c1-19-13-5-3-2-4-10(13)8-17-12-6-14(16)18-9-11(12)7-15/h2-6,9H,8H2,1H3,(H3,16,17,18). The van der Waals surface area contributed by atoms with Crippen LogP contribution < -0.4 is 15.8 Å². The second-order valence-electron chi connectivity index (χ2n) is 3.93. The molecular formula is C14H14N4O. The van der Waals surface area contributed by atoms with Crippen LogP contribution in [0.3, 0.4) is 0 Å². The van der Waals surface area contributed by atoms with Crippen LogP contribution in [0.4, 0.5) is 11.5 Å². The molecule has 0 bridgehead atoms. The monoisotopic (exact) mass is 254 g/mol. The van der Waals surface area contributed by atoms with Crippen molar-refractivity contribution in [2.45, 2.75) is 6.54 Å². The maximum Gasteiger partial charge on any atom is 0.125 e. The Bertz CT molecular complexity index is 619. The maximum absolute atomic E-state index is 9.01. The van der Waals surface area contributed by atoms with Crippen LogP contribution in [-0.2, 0) is 6.54 Å². The third-order valence-corrected chi connectivity index (χ3v) is 2.71. The Balaban J connectivity index is 2.19. The number of benzene rings is 1. The molecule has 0 spiro atoms. The largest absolute Gasteiger partial charge is 0.496 e. The molecule has 0 radical (unpaired) electrons. The van der Waals surface area contributed by atoms with Crippen molar-refractivity contribution in [1.82, 2.24) is 4.98 Å². The molecule has 0 aliphatic rings. The lowest BCUT2D eigenvalue weighted by molar-refractivity contribution is 0.410. The van der Waals surface area contributed by atoms with Crippen molar-refractivity contribution in [2.75, 3.05) is 18.2 Å². The van der Waals surface area contributed by atoms with E-state index in [0.717, 1.165) is 11.3 Å². The van der Waals surface area contributed by atoms with Crippen LogP contribution in [0.15, 0.2) is 36.5 Å². The smallest absolute Gasteiger partial charge is 0.125 e. The van der Waals surface area contributed by atoms with Gasteiger partial charge in [-0.05, 0) is 6.07 Å². The summed E-state index contributed by atoms with van der Waals surface area (Å²) in [7, 11) is 1.63. The summed E-state index contributed by atoms with van der Waals surface area (Å²) in [4.78, 5) is 3.89. The number of pyridine rings is 1. The predicted octanol–water partition coefficient (Wildman–Crippen LogP) is 2.16. The molecule has 3 N–H and O–H groups in total.